The third-order valence-corrected chi connectivity index (χ3v) is 2.39. The highest BCUT2D eigenvalue weighted by atomic mass is 35.5. The molecule has 1 rings (SSSR count). The molecule has 0 amide bonds. The lowest BCUT2D eigenvalue weighted by Gasteiger charge is -2.09. The first-order valence-electron chi connectivity index (χ1n) is 3.56. The number of hydrogen-bond donors (Lipinski definition) is 0. The highest BCUT2D eigenvalue weighted by Crippen LogP contribution is 2.30. The summed E-state index contributed by atoms with van der Waals surface area (Å²) in [5.74, 6) is 0.162. The third-order valence-electron chi connectivity index (χ3n) is 1.80. The van der Waals surface area contributed by atoms with Crippen molar-refractivity contribution in [3.05, 3.63) is 28.0 Å². The minimum absolute atomic E-state index is 0.152. The van der Waals surface area contributed by atoms with Gasteiger partial charge in [-0.15, -0.1) is 11.6 Å². The Labute approximate surface area is 84.7 Å². The van der Waals surface area contributed by atoms with Gasteiger partial charge in [-0.25, -0.2) is 13.8 Å². The minimum Gasteiger partial charge on any atom is -0.244 e. The number of nitrogens with zero attached hydrogens (tertiary/aromatic N) is 1. The predicted octanol–water partition coefficient (Wildman–Crippen LogP) is 3.72. The fraction of sp³-hybridized carbons (Fsp3) is 0.375. The van der Waals surface area contributed by atoms with Crippen molar-refractivity contribution in [1.29, 1.82) is 0 Å². The van der Waals surface area contributed by atoms with Crippen LogP contribution < -0.4 is 0 Å². The highest BCUT2D eigenvalue weighted by Gasteiger charge is 2.17. The monoisotopic (exact) mass is 225 g/mol. The van der Waals surface area contributed by atoms with Crippen LogP contribution in [0.1, 0.15) is 23.1 Å². The molecule has 0 bridgehead atoms. The van der Waals surface area contributed by atoms with Gasteiger partial charge in [0.05, 0.1) is 5.56 Å². The van der Waals surface area contributed by atoms with Gasteiger partial charge in [-0.2, -0.15) is 0 Å². The summed E-state index contributed by atoms with van der Waals surface area (Å²) in [4.78, 5) is 3.63. The third kappa shape index (κ3) is 2.09. The second-order valence-corrected chi connectivity index (χ2v) is 3.17. The number of rotatable bonds is 2. The van der Waals surface area contributed by atoms with Crippen molar-refractivity contribution in [1.82, 2.24) is 4.98 Å². The van der Waals surface area contributed by atoms with Crippen LogP contribution in [-0.2, 0) is 5.88 Å². The Morgan fingerprint density at radius 1 is 1.54 bits per heavy atom. The standard InChI is InChI=1S/C8H7Cl2F2N/c1-4-5(2-9)3-13-7(10)6(4)8(11)12/h3,8H,2H2,1H3. The molecular weight excluding hydrogens is 219 g/mol. The molecule has 5 heteroatoms. The van der Waals surface area contributed by atoms with E-state index in [1.807, 2.05) is 0 Å². The Balaban J connectivity index is 3.30. The van der Waals surface area contributed by atoms with Crippen LogP contribution in [0, 0.1) is 6.92 Å². The molecule has 13 heavy (non-hydrogen) atoms. The predicted molar refractivity (Wildman–Crippen MR) is 48.5 cm³/mol. The van der Waals surface area contributed by atoms with E-state index in [1.54, 1.807) is 6.92 Å². The molecule has 0 aliphatic heterocycles. The van der Waals surface area contributed by atoms with E-state index in [0.29, 0.717) is 11.1 Å². The van der Waals surface area contributed by atoms with Crippen molar-refractivity contribution in [2.45, 2.75) is 19.2 Å². The van der Waals surface area contributed by atoms with Crippen LogP contribution in [0.25, 0.3) is 0 Å². The van der Waals surface area contributed by atoms with Crippen LogP contribution in [0.2, 0.25) is 5.15 Å². The van der Waals surface area contributed by atoms with Gasteiger partial charge in [-0.3, -0.25) is 0 Å². The molecule has 0 atom stereocenters. The fourth-order valence-corrected chi connectivity index (χ4v) is 1.56. The zero-order chi connectivity index (χ0) is 10.0. The van der Waals surface area contributed by atoms with E-state index in [0.717, 1.165) is 0 Å². The van der Waals surface area contributed by atoms with E-state index in [-0.39, 0.29) is 16.6 Å². The average Bonchev–Trinajstić information content (AvgIpc) is 2.04. The molecule has 0 N–H and O–H groups in total. The smallest absolute Gasteiger partial charge is 0.244 e. The van der Waals surface area contributed by atoms with Crippen molar-refractivity contribution < 1.29 is 8.78 Å². The van der Waals surface area contributed by atoms with E-state index in [1.165, 1.54) is 6.20 Å². The van der Waals surface area contributed by atoms with Gasteiger partial charge in [0.25, 0.3) is 6.43 Å². The van der Waals surface area contributed by atoms with E-state index >= 15 is 0 Å². The van der Waals surface area contributed by atoms with Crippen LogP contribution in [0.5, 0.6) is 0 Å². The number of aromatic nitrogens is 1. The molecule has 0 aliphatic carbocycles. The first-order valence-corrected chi connectivity index (χ1v) is 4.47. The van der Waals surface area contributed by atoms with E-state index in [9.17, 15) is 8.78 Å². The summed E-state index contributed by atoms with van der Waals surface area (Å²) in [6, 6.07) is 0. The van der Waals surface area contributed by atoms with Gasteiger partial charge in [0, 0.05) is 12.1 Å². The minimum atomic E-state index is -2.61. The fourth-order valence-electron chi connectivity index (χ4n) is 1.02. The summed E-state index contributed by atoms with van der Waals surface area (Å²) < 4.78 is 24.9. The molecule has 0 saturated carbocycles. The summed E-state index contributed by atoms with van der Waals surface area (Å²) >= 11 is 11.1. The average molecular weight is 226 g/mol. The molecule has 72 valence electrons. The van der Waals surface area contributed by atoms with E-state index in [4.69, 9.17) is 23.2 Å². The Morgan fingerprint density at radius 3 is 2.62 bits per heavy atom. The van der Waals surface area contributed by atoms with Crippen LogP contribution in [0.4, 0.5) is 8.78 Å². The van der Waals surface area contributed by atoms with Gasteiger partial charge in [0.2, 0.25) is 0 Å². The van der Waals surface area contributed by atoms with Crippen molar-refractivity contribution in [2.75, 3.05) is 0 Å². The molecule has 0 aromatic carbocycles. The Morgan fingerprint density at radius 2 is 2.15 bits per heavy atom. The molecule has 1 nitrogen and oxygen atoms in total. The van der Waals surface area contributed by atoms with Crippen LogP contribution in [0.3, 0.4) is 0 Å². The molecule has 0 aliphatic rings. The largest absolute Gasteiger partial charge is 0.267 e. The van der Waals surface area contributed by atoms with Crippen molar-refractivity contribution in [2.24, 2.45) is 0 Å². The molecule has 0 spiro atoms. The molecular formula is C8H7Cl2F2N. The Hall–Kier alpha value is -0.410. The molecule has 1 heterocycles. The second kappa shape index (κ2) is 4.20. The maximum absolute atomic E-state index is 12.4. The first kappa shape index (κ1) is 10.7. The maximum atomic E-state index is 12.4. The lowest BCUT2D eigenvalue weighted by atomic mass is 10.1. The quantitative estimate of drug-likeness (QED) is 0.553. The lowest BCUT2D eigenvalue weighted by molar-refractivity contribution is 0.150. The summed E-state index contributed by atoms with van der Waals surface area (Å²) in [5.41, 5.74) is 0.784. The van der Waals surface area contributed by atoms with Gasteiger partial charge >= 0.3 is 0 Å². The highest BCUT2D eigenvalue weighted by molar-refractivity contribution is 6.30. The molecule has 0 radical (unpaired) electrons. The van der Waals surface area contributed by atoms with E-state index < -0.39 is 6.43 Å². The first-order chi connectivity index (χ1) is 6.07. The number of pyridine rings is 1. The zero-order valence-corrected chi connectivity index (χ0v) is 8.33. The van der Waals surface area contributed by atoms with Crippen molar-refractivity contribution in [3.8, 4) is 0 Å². The van der Waals surface area contributed by atoms with Gasteiger partial charge in [0.1, 0.15) is 5.15 Å². The SMILES string of the molecule is Cc1c(CCl)cnc(Cl)c1C(F)F. The molecule has 1 aromatic rings. The Bertz CT molecular complexity index is 315. The number of halogens is 4. The van der Waals surface area contributed by atoms with Gasteiger partial charge in [0.15, 0.2) is 0 Å². The van der Waals surface area contributed by atoms with Crippen molar-refractivity contribution in [3.63, 3.8) is 0 Å². The van der Waals surface area contributed by atoms with Crippen molar-refractivity contribution >= 4 is 23.2 Å². The van der Waals surface area contributed by atoms with Crippen LogP contribution in [0.15, 0.2) is 6.20 Å². The molecule has 1 aromatic heterocycles. The summed E-state index contributed by atoms with van der Waals surface area (Å²) in [6.07, 6.45) is -1.19. The summed E-state index contributed by atoms with van der Waals surface area (Å²) in [7, 11) is 0. The normalized spacial score (nSPS) is 10.9. The topological polar surface area (TPSA) is 12.9 Å². The van der Waals surface area contributed by atoms with Gasteiger partial charge in [-0.1, -0.05) is 11.6 Å². The summed E-state index contributed by atoms with van der Waals surface area (Å²) in [6.45, 7) is 1.56. The maximum Gasteiger partial charge on any atom is 0.267 e. The Kier molecular flexibility index (Phi) is 3.45. The number of alkyl halides is 3. The second-order valence-electron chi connectivity index (χ2n) is 2.55. The zero-order valence-electron chi connectivity index (χ0n) is 6.82. The summed E-state index contributed by atoms with van der Waals surface area (Å²) in [5, 5.41) is -0.152. The molecule has 0 unspecified atom stereocenters. The lowest BCUT2D eigenvalue weighted by Crippen LogP contribution is -1.98. The van der Waals surface area contributed by atoms with Gasteiger partial charge in [-0.05, 0) is 18.1 Å². The number of hydrogen-bond acceptors (Lipinski definition) is 1. The molecule has 0 saturated heterocycles. The van der Waals surface area contributed by atoms with E-state index in [2.05, 4.69) is 4.98 Å². The van der Waals surface area contributed by atoms with Gasteiger partial charge < -0.3 is 0 Å². The molecule has 0 fully saturated rings. The van der Waals surface area contributed by atoms with Crippen LogP contribution in [-0.4, -0.2) is 4.98 Å². The van der Waals surface area contributed by atoms with Crippen LogP contribution >= 0.6 is 23.2 Å².